The van der Waals surface area contributed by atoms with E-state index in [2.05, 4.69) is 39.7 Å². The number of hydrogen-bond donors (Lipinski definition) is 1. The van der Waals surface area contributed by atoms with Gasteiger partial charge in [0.1, 0.15) is 17.8 Å². The van der Waals surface area contributed by atoms with Gasteiger partial charge in [-0.2, -0.15) is 0 Å². The average molecular weight is 331 g/mol. The van der Waals surface area contributed by atoms with Crippen LogP contribution in [0.25, 0.3) is 22.6 Å². The highest BCUT2D eigenvalue weighted by Crippen LogP contribution is 2.30. The van der Waals surface area contributed by atoms with Crippen molar-refractivity contribution in [1.82, 2.24) is 19.9 Å². The normalized spacial score (nSPS) is 10.8. The molecule has 4 rings (SSSR count). The van der Waals surface area contributed by atoms with E-state index in [1.165, 1.54) is 5.56 Å². The van der Waals surface area contributed by atoms with E-state index < -0.39 is 0 Å². The molecule has 0 saturated heterocycles. The van der Waals surface area contributed by atoms with Crippen molar-refractivity contribution >= 4 is 5.69 Å². The zero-order chi connectivity index (χ0) is 17.2. The molecule has 0 fully saturated rings. The molecule has 0 spiro atoms. The van der Waals surface area contributed by atoms with Gasteiger partial charge in [0.15, 0.2) is 5.82 Å². The zero-order valence-electron chi connectivity index (χ0n) is 14.0. The Hall–Kier alpha value is -3.41. The number of aryl methyl sites for hydroxylation is 1. The summed E-state index contributed by atoms with van der Waals surface area (Å²) in [7, 11) is 1.65. The summed E-state index contributed by atoms with van der Waals surface area (Å²) < 4.78 is 7.01. The summed E-state index contributed by atoms with van der Waals surface area (Å²) in [5, 5.41) is 8.45. The number of hydrogen-bond acceptors (Lipinski definition) is 5. The number of nitrogens with zero attached hydrogens (tertiary/aromatic N) is 4. The van der Waals surface area contributed by atoms with Crippen molar-refractivity contribution in [3.05, 3.63) is 66.6 Å². The quantitative estimate of drug-likeness (QED) is 0.618. The van der Waals surface area contributed by atoms with Crippen molar-refractivity contribution in [3.8, 4) is 28.4 Å². The third-order valence-electron chi connectivity index (χ3n) is 3.99. The summed E-state index contributed by atoms with van der Waals surface area (Å²) in [6.07, 6.45) is 3.64. The van der Waals surface area contributed by atoms with Crippen molar-refractivity contribution in [2.75, 3.05) is 12.5 Å². The SMILES string of the molecule is COc1ccc(-c2nnc3ncn(Nc4ccc(C)cc4)cc2-3)cc1. The lowest BCUT2D eigenvalue weighted by atomic mass is 10.1. The Morgan fingerprint density at radius 2 is 1.72 bits per heavy atom. The van der Waals surface area contributed by atoms with E-state index in [1.54, 1.807) is 13.4 Å². The van der Waals surface area contributed by atoms with Gasteiger partial charge in [0.05, 0.1) is 18.4 Å². The van der Waals surface area contributed by atoms with Crippen molar-refractivity contribution in [3.63, 3.8) is 0 Å². The molecule has 2 aromatic carbocycles. The number of nitrogens with one attached hydrogen (secondary N) is 1. The molecule has 0 aromatic heterocycles. The highest BCUT2D eigenvalue weighted by molar-refractivity contribution is 5.78. The standard InChI is InChI=1S/C19H17N5O/c1-13-3-7-15(8-4-13)23-24-11-17-18(21-22-19(17)20-12-24)14-5-9-16(25-2)10-6-14/h3-12,23H,1-2H3. The van der Waals surface area contributed by atoms with E-state index in [1.807, 2.05) is 47.3 Å². The predicted molar refractivity (Wildman–Crippen MR) is 96.6 cm³/mol. The molecule has 0 amide bonds. The minimum absolute atomic E-state index is 0.618. The van der Waals surface area contributed by atoms with Crippen molar-refractivity contribution < 1.29 is 4.74 Å². The van der Waals surface area contributed by atoms with Crippen molar-refractivity contribution in [2.24, 2.45) is 0 Å². The smallest absolute Gasteiger partial charge is 0.187 e. The minimum atomic E-state index is 0.618. The molecule has 0 unspecified atom stereocenters. The van der Waals surface area contributed by atoms with Crippen LogP contribution in [0.1, 0.15) is 5.56 Å². The number of benzene rings is 2. The maximum Gasteiger partial charge on any atom is 0.187 e. The Balaban J connectivity index is 1.69. The molecule has 2 aromatic rings. The summed E-state index contributed by atoms with van der Waals surface area (Å²) in [5.74, 6) is 1.43. The van der Waals surface area contributed by atoms with Crippen LogP contribution < -0.4 is 10.2 Å². The molecule has 124 valence electrons. The van der Waals surface area contributed by atoms with Gasteiger partial charge in [-0.05, 0) is 43.3 Å². The van der Waals surface area contributed by atoms with Crippen LogP contribution >= 0.6 is 0 Å². The molecule has 2 aliphatic rings. The van der Waals surface area contributed by atoms with Gasteiger partial charge in [-0.3, -0.25) is 10.1 Å². The lowest BCUT2D eigenvalue weighted by Crippen LogP contribution is -2.10. The Morgan fingerprint density at radius 1 is 0.960 bits per heavy atom. The van der Waals surface area contributed by atoms with Crippen LogP contribution in [0.2, 0.25) is 0 Å². The molecule has 6 heteroatoms. The van der Waals surface area contributed by atoms with Crippen LogP contribution in [0, 0.1) is 6.92 Å². The minimum Gasteiger partial charge on any atom is -0.497 e. The molecule has 0 radical (unpaired) electrons. The zero-order valence-corrected chi connectivity index (χ0v) is 14.0. The number of methoxy groups -OCH3 is 1. The van der Waals surface area contributed by atoms with Gasteiger partial charge < -0.3 is 4.74 Å². The lowest BCUT2D eigenvalue weighted by molar-refractivity contribution is 0.415. The monoisotopic (exact) mass is 331 g/mol. The van der Waals surface area contributed by atoms with Crippen molar-refractivity contribution in [1.29, 1.82) is 0 Å². The highest BCUT2D eigenvalue weighted by atomic mass is 16.5. The van der Waals surface area contributed by atoms with Crippen LogP contribution in [-0.4, -0.2) is 27.0 Å². The van der Waals surface area contributed by atoms with Gasteiger partial charge in [-0.25, -0.2) is 4.98 Å². The summed E-state index contributed by atoms with van der Waals surface area (Å²) >= 11 is 0. The molecule has 25 heavy (non-hydrogen) atoms. The van der Waals surface area contributed by atoms with Crippen LogP contribution in [0.5, 0.6) is 5.75 Å². The first-order valence-electron chi connectivity index (χ1n) is 7.91. The largest absolute Gasteiger partial charge is 0.497 e. The van der Waals surface area contributed by atoms with E-state index in [0.29, 0.717) is 5.82 Å². The predicted octanol–water partition coefficient (Wildman–Crippen LogP) is 3.64. The number of aromatic nitrogens is 4. The maximum atomic E-state index is 5.21. The second-order valence-electron chi connectivity index (χ2n) is 5.77. The van der Waals surface area contributed by atoms with Crippen molar-refractivity contribution in [2.45, 2.75) is 6.92 Å². The molecule has 2 heterocycles. The van der Waals surface area contributed by atoms with Gasteiger partial charge in [0, 0.05) is 11.8 Å². The van der Waals surface area contributed by atoms with E-state index in [4.69, 9.17) is 4.74 Å². The second kappa shape index (κ2) is 6.24. The summed E-state index contributed by atoms with van der Waals surface area (Å²) in [5.41, 5.74) is 8.14. The van der Waals surface area contributed by atoms with E-state index in [0.717, 1.165) is 28.3 Å². The molecular weight excluding hydrogens is 314 g/mol. The fourth-order valence-corrected chi connectivity index (χ4v) is 2.61. The maximum absolute atomic E-state index is 5.21. The topological polar surface area (TPSA) is 64.9 Å². The highest BCUT2D eigenvalue weighted by Gasteiger charge is 2.17. The summed E-state index contributed by atoms with van der Waals surface area (Å²) in [6, 6.07) is 15.9. The first kappa shape index (κ1) is 15.1. The first-order chi connectivity index (χ1) is 12.2. The second-order valence-corrected chi connectivity index (χ2v) is 5.77. The molecular formula is C19H17N5O. The lowest BCUT2D eigenvalue weighted by Gasteiger charge is -2.11. The third kappa shape index (κ3) is 3.01. The summed E-state index contributed by atoms with van der Waals surface area (Å²) in [6.45, 7) is 2.06. The van der Waals surface area contributed by atoms with E-state index in [9.17, 15) is 0 Å². The van der Waals surface area contributed by atoms with Gasteiger partial charge in [0.2, 0.25) is 0 Å². The van der Waals surface area contributed by atoms with Crippen LogP contribution in [0.3, 0.4) is 0 Å². The van der Waals surface area contributed by atoms with Crippen LogP contribution in [-0.2, 0) is 0 Å². The average Bonchev–Trinajstić information content (AvgIpc) is 3.07. The Kier molecular flexibility index (Phi) is 3.78. The molecule has 0 saturated carbocycles. The summed E-state index contributed by atoms with van der Waals surface area (Å²) in [4.78, 5) is 4.38. The number of fused-ring (bicyclic) bond motifs is 1. The number of rotatable bonds is 4. The Labute approximate surface area is 145 Å². The first-order valence-corrected chi connectivity index (χ1v) is 7.91. The molecule has 0 aliphatic carbocycles. The van der Waals surface area contributed by atoms with Crippen LogP contribution in [0.15, 0.2) is 61.1 Å². The van der Waals surface area contributed by atoms with Gasteiger partial charge in [-0.15, -0.1) is 10.2 Å². The molecule has 6 nitrogen and oxygen atoms in total. The Morgan fingerprint density at radius 3 is 2.44 bits per heavy atom. The fraction of sp³-hybridized carbons (Fsp3) is 0.105. The molecule has 2 aliphatic heterocycles. The third-order valence-corrected chi connectivity index (χ3v) is 3.99. The Bertz CT molecular complexity index is 960. The van der Waals surface area contributed by atoms with Gasteiger partial charge in [-0.1, -0.05) is 17.7 Å². The van der Waals surface area contributed by atoms with Gasteiger partial charge >= 0.3 is 0 Å². The number of ether oxygens (including phenoxy) is 1. The van der Waals surface area contributed by atoms with E-state index in [-0.39, 0.29) is 0 Å². The van der Waals surface area contributed by atoms with Gasteiger partial charge in [0.25, 0.3) is 0 Å². The fourth-order valence-electron chi connectivity index (χ4n) is 2.61. The molecule has 0 bridgehead atoms. The van der Waals surface area contributed by atoms with Crippen LogP contribution in [0.4, 0.5) is 5.69 Å². The van der Waals surface area contributed by atoms with E-state index >= 15 is 0 Å². The number of anilines is 1. The molecule has 1 N–H and O–H groups in total. The molecule has 0 atom stereocenters.